The number of rotatable bonds is 1. The van der Waals surface area contributed by atoms with Gasteiger partial charge in [-0.3, -0.25) is 0 Å². The zero-order valence-electron chi connectivity index (χ0n) is 8.24. The number of aromatic nitrogens is 1. The summed E-state index contributed by atoms with van der Waals surface area (Å²) >= 11 is 11.9. The van der Waals surface area contributed by atoms with Crippen LogP contribution in [0.1, 0.15) is 5.56 Å². The van der Waals surface area contributed by atoms with E-state index in [9.17, 15) is 0 Å². The Hall–Kier alpha value is -0.990. The summed E-state index contributed by atoms with van der Waals surface area (Å²) in [7, 11) is 0. The molecular formula is C11H10Cl2N2. The van der Waals surface area contributed by atoms with Gasteiger partial charge in [0.25, 0.3) is 0 Å². The van der Waals surface area contributed by atoms with Crippen LogP contribution >= 0.6 is 23.2 Å². The molecule has 0 radical (unpaired) electrons. The van der Waals surface area contributed by atoms with Crippen molar-refractivity contribution in [1.82, 2.24) is 4.98 Å². The van der Waals surface area contributed by atoms with E-state index in [1.165, 1.54) is 0 Å². The highest BCUT2D eigenvalue weighted by Gasteiger charge is 2.11. The van der Waals surface area contributed by atoms with E-state index in [4.69, 9.17) is 23.2 Å². The predicted octanol–water partition coefficient (Wildman–Crippen LogP) is 3.41. The van der Waals surface area contributed by atoms with Crippen molar-refractivity contribution in [2.75, 3.05) is 11.4 Å². The van der Waals surface area contributed by atoms with Crippen LogP contribution in [0.3, 0.4) is 0 Å². The van der Waals surface area contributed by atoms with E-state index >= 15 is 0 Å². The number of nitrogens with zero attached hydrogens (tertiary/aromatic N) is 2. The van der Waals surface area contributed by atoms with Crippen LogP contribution in [-0.2, 0) is 0 Å². The Morgan fingerprint density at radius 1 is 1.33 bits per heavy atom. The molecule has 0 spiro atoms. The quantitative estimate of drug-likeness (QED) is 0.748. The minimum Gasteiger partial charge on any atom is -0.326 e. The first kappa shape index (κ1) is 10.5. The van der Waals surface area contributed by atoms with Gasteiger partial charge >= 0.3 is 0 Å². The minimum atomic E-state index is 0.619. The number of hydrogen-bond donors (Lipinski definition) is 0. The van der Waals surface area contributed by atoms with Crippen molar-refractivity contribution in [3.05, 3.63) is 46.2 Å². The van der Waals surface area contributed by atoms with Gasteiger partial charge in [0.05, 0.1) is 11.6 Å². The first-order valence-electron chi connectivity index (χ1n) is 4.58. The molecule has 0 N–H and O–H groups in total. The van der Waals surface area contributed by atoms with E-state index in [-0.39, 0.29) is 0 Å². The summed E-state index contributed by atoms with van der Waals surface area (Å²) in [6.07, 6.45) is 5.39. The molecule has 15 heavy (non-hydrogen) atoms. The van der Waals surface area contributed by atoms with Crippen LogP contribution in [0, 0.1) is 6.92 Å². The average molecular weight is 241 g/mol. The van der Waals surface area contributed by atoms with Gasteiger partial charge in [-0.25, -0.2) is 4.98 Å². The summed E-state index contributed by atoms with van der Waals surface area (Å²) in [5, 5.41) is 1.33. The molecular weight excluding hydrogens is 231 g/mol. The Kier molecular flexibility index (Phi) is 2.98. The fourth-order valence-corrected chi connectivity index (χ4v) is 1.92. The SMILES string of the molecule is Cc1ccc(N2C=C(Cl)C=C(Cl)C2)nc1. The Morgan fingerprint density at radius 2 is 2.13 bits per heavy atom. The minimum absolute atomic E-state index is 0.619. The normalized spacial score (nSPS) is 16.1. The number of anilines is 1. The fourth-order valence-electron chi connectivity index (χ4n) is 1.37. The molecule has 2 rings (SSSR count). The van der Waals surface area contributed by atoms with Crippen LogP contribution in [0.25, 0.3) is 0 Å². The largest absolute Gasteiger partial charge is 0.326 e. The molecule has 1 aliphatic heterocycles. The van der Waals surface area contributed by atoms with Gasteiger partial charge < -0.3 is 4.90 Å². The molecule has 0 bridgehead atoms. The standard InChI is InChI=1S/C11H10Cl2N2/c1-8-2-3-11(14-5-8)15-6-9(12)4-10(13)7-15/h2-6H,7H2,1H3. The van der Waals surface area contributed by atoms with Gasteiger partial charge in [0.15, 0.2) is 0 Å². The van der Waals surface area contributed by atoms with Crippen molar-refractivity contribution in [3.63, 3.8) is 0 Å². The molecule has 0 saturated carbocycles. The zero-order valence-corrected chi connectivity index (χ0v) is 9.76. The number of allylic oxidation sites excluding steroid dienone is 2. The second-order valence-electron chi connectivity index (χ2n) is 3.43. The summed E-state index contributed by atoms with van der Waals surface area (Å²) in [6.45, 7) is 2.62. The lowest BCUT2D eigenvalue weighted by Gasteiger charge is -2.22. The summed E-state index contributed by atoms with van der Waals surface area (Å²) < 4.78 is 0. The summed E-state index contributed by atoms with van der Waals surface area (Å²) in [5.41, 5.74) is 1.13. The Bertz CT molecular complexity index is 421. The number of hydrogen-bond acceptors (Lipinski definition) is 2. The molecule has 1 aliphatic rings. The second-order valence-corrected chi connectivity index (χ2v) is 4.35. The van der Waals surface area contributed by atoms with Gasteiger partial charge in [-0.05, 0) is 24.6 Å². The van der Waals surface area contributed by atoms with E-state index in [0.29, 0.717) is 16.6 Å². The molecule has 0 fully saturated rings. The van der Waals surface area contributed by atoms with Gasteiger partial charge in [0.2, 0.25) is 0 Å². The maximum Gasteiger partial charge on any atom is 0.132 e. The van der Waals surface area contributed by atoms with Crippen LogP contribution in [0.5, 0.6) is 0 Å². The molecule has 1 aromatic heterocycles. The molecule has 0 amide bonds. The zero-order chi connectivity index (χ0) is 10.8. The maximum absolute atomic E-state index is 5.95. The number of pyridine rings is 1. The van der Waals surface area contributed by atoms with Crippen LogP contribution in [-0.4, -0.2) is 11.5 Å². The van der Waals surface area contributed by atoms with Gasteiger partial charge in [-0.15, -0.1) is 0 Å². The molecule has 0 aromatic carbocycles. The third-order valence-electron chi connectivity index (χ3n) is 2.09. The van der Waals surface area contributed by atoms with Crippen molar-refractivity contribution in [3.8, 4) is 0 Å². The molecule has 2 heterocycles. The third kappa shape index (κ3) is 2.52. The lowest BCUT2D eigenvalue weighted by Crippen LogP contribution is -2.21. The molecule has 0 saturated heterocycles. The Balaban J connectivity index is 2.26. The van der Waals surface area contributed by atoms with E-state index in [1.54, 1.807) is 6.08 Å². The summed E-state index contributed by atoms with van der Waals surface area (Å²) in [6, 6.07) is 3.96. The van der Waals surface area contributed by atoms with E-state index < -0.39 is 0 Å². The topological polar surface area (TPSA) is 16.1 Å². The summed E-state index contributed by atoms with van der Waals surface area (Å²) in [5.74, 6) is 0.852. The molecule has 4 heteroatoms. The molecule has 0 unspecified atom stereocenters. The highest BCUT2D eigenvalue weighted by atomic mass is 35.5. The van der Waals surface area contributed by atoms with Gasteiger partial charge in [-0.1, -0.05) is 29.3 Å². The van der Waals surface area contributed by atoms with Gasteiger partial charge in [-0.2, -0.15) is 0 Å². The highest BCUT2D eigenvalue weighted by Crippen LogP contribution is 2.23. The fraction of sp³-hybridized carbons (Fsp3) is 0.182. The highest BCUT2D eigenvalue weighted by molar-refractivity contribution is 6.35. The van der Waals surface area contributed by atoms with Crippen LogP contribution in [0.4, 0.5) is 5.82 Å². The molecule has 78 valence electrons. The molecule has 0 atom stereocenters. The Labute approximate surface area is 98.8 Å². The van der Waals surface area contributed by atoms with E-state index in [1.807, 2.05) is 36.4 Å². The van der Waals surface area contributed by atoms with Crippen molar-refractivity contribution in [2.45, 2.75) is 6.92 Å². The number of halogens is 2. The monoisotopic (exact) mass is 240 g/mol. The van der Waals surface area contributed by atoms with Gasteiger partial charge in [0, 0.05) is 17.4 Å². The molecule has 0 aliphatic carbocycles. The van der Waals surface area contributed by atoms with Crippen LogP contribution in [0.15, 0.2) is 40.7 Å². The molecule has 1 aromatic rings. The lowest BCUT2D eigenvalue weighted by molar-refractivity contribution is 1.01. The van der Waals surface area contributed by atoms with Gasteiger partial charge in [0.1, 0.15) is 5.82 Å². The molecule has 2 nitrogen and oxygen atoms in total. The second kappa shape index (κ2) is 4.25. The first-order chi connectivity index (χ1) is 7.15. The first-order valence-corrected chi connectivity index (χ1v) is 5.33. The third-order valence-corrected chi connectivity index (χ3v) is 2.52. The average Bonchev–Trinajstić information content (AvgIpc) is 2.17. The van der Waals surface area contributed by atoms with Crippen LogP contribution in [0.2, 0.25) is 0 Å². The lowest BCUT2D eigenvalue weighted by atomic mass is 10.3. The van der Waals surface area contributed by atoms with Crippen molar-refractivity contribution >= 4 is 29.0 Å². The maximum atomic E-state index is 5.95. The number of aryl methyl sites for hydroxylation is 1. The smallest absolute Gasteiger partial charge is 0.132 e. The van der Waals surface area contributed by atoms with Crippen molar-refractivity contribution in [1.29, 1.82) is 0 Å². The predicted molar refractivity (Wildman–Crippen MR) is 64.2 cm³/mol. The van der Waals surface area contributed by atoms with Crippen LogP contribution < -0.4 is 4.90 Å². The van der Waals surface area contributed by atoms with Crippen molar-refractivity contribution < 1.29 is 0 Å². The van der Waals surface area contributed by atoms with E-state index in [0.717, 1.165) is 11.4 Å². The van der Waals surface area contributed by atoms with Crippen molar-refractivity contribution in [2.24, 2.45) is 0 Å². The van der Waals surface area contributed by atoms with E-state index in [2.05, 4.69) is 4.98 Å². The summed E-state index contributed by atoms with van der Waals surface area (Å²) in [4.78, 5) is 6.23. The Morgan fingerprint density at radius 3 is 2.73 bits per heavy atom.